The molecule has 10 nitrogen and oxygen atoms in total. The van der Waals surface area contributed by atoms with Crippen LogP contribution in [-0.2, 0) is 16.0 Å². The molecule has 0 aromatic carbocycles. The van der Waals surface area contributed by atoms with Gasteiger partial charge in [0, 0.05) is 18.5 Å². The Morgan fingerprint density at radius 2 is 2.14 bits per heavy atom. The zero-order chi connectivity index (χ0) is 20.3. The molecule has 0 spiro atoms. The number of aliphatic hydroxyl groups excluding tert-OH is 4. The first-order valence-electron chi connectivity index (χ1n) is 8.37. The molecule has 2 saturated heterocycles. The van der Waals surface area contributed by atoms with Crippen molar-refractivity contribution >= 4 is 28.5 Å². The smallest absolute Gasteiger partial charge is 0.208 e. The van der Waals surface area contributed by atoms with Crippen molar-refractivity contribution in [3.63, 3.8) is 0 Å². The molecule has 3 rings (SSSR count). The predicted molar refractivity (Wildman–Crippen MR) is 98.9 cm³/mol. The fourth-order valence-electron chi connectivity index (χ4n) is 2.89. The minimum absolute atomic E-state index is 0.305. The van der Waals surface area contributed by atoms with Gasteiger partial charge < -0.3 is 34.8 Å². The number of nitriles is 1. The summed E-state index contributed by atoms with van der Waals surface area (Å²) in [6, 6.07) is 3.40. The highest BCUT2D eigenvalue weighted by molar-refractivity contribution is 8.14. The van der Waals surface area contributed by atoms with Crippen molar-refractivity contribution in [3.05, 3.63) is 29.0 Å². The fraction of sp³-hybridized carbons (Fsp3) is 0.562. The minimum atomic E-state index is -1.54. The van der Waals surface area contributed by atoms with Gasteiger partial charge in [0.25, 0.3) is 0 Å². The number of halogens is 1. The molecule has 6 atom stereocenters. The number of thioether (sulfide) groups is 1. The van der Waals surface area contributed by atoms with Crippen molar-refractivity contribution in [1.82, 2.24) is 9.88 Å². The Morgan fingerprint density at radius 1 is 1.36 bits per heavy atom. The first-order chi connectivity index (χ1) is 13.4. The number of hydrogen-bond donors (Lipinski definition) is 4. The highest BCUT2D eigenvalue weighted by Crippen LogP contribution is 2.31. The third kappa shape index (κ3) is 4.56. The molecular weight excluding hydrogens is 412 g/mol. The number of aliphatic imine (C=N–C) groups is 1. The molecule has 1 aromatic heterocycles. The van der Waals surface area contributed by atoms with E-state index in [-0.39, 0.29) is 0 Å². The van der Waals surface area contributed by atoms with Crippen LogP contribution < -0.4 is 0 Å². The van der Waals surface area contributed by atoms with Crippen molar-refractivity contribution in [2.45, 2.75) is 43.5 Å². The van der Waals surface area contributed by atoms with Crippen LogP contribution in [0.1, 0.15) is 5.56 Å². The van der Waals surface area contributed by atoms with E-state index in [9.17, 15) is 20.4 Å². The maximum atomic E-state index is 10.2. The van der Waals surface area contributed by atoms with Gasteiger partial charge in [-0.05, 0) is 11.6 Å². The zero-order valence-corrected chi connectivity index (χ0v) is 16.1. The van der Waals surface area contributed by atoms with Crippen LogP contribution in [0.4, 0.5) is 0 Å². The first kappa shape index (κ1) is 21.2. The third-order valence-corrected chi connectivity index (χ3v) is 5.63. The summed E-state index contributed by atoms with van der Waals surface area (Å²) in [6.07, 6.45) is -4.19. The van der Waals surface area contributed by atoms with Gasteiger partial charge in [-0.1, -0.05) is 29.4 Å². The first-order valence-corrected chi connectivity index (χ1v) is 9.73. The second-order valence-electron chi connectivity index (χ2n) is 6.21. The number of hydrogen-bond acceptors (Lipinski definition) is 10. The Labute approximate surface area is 170 Å². The van der Waals surface area contributed by atoms with E-state index >= 15 is 0 Å². The summed E-state index contributed by atoms with van der Waals surface area (Å²) in [5.41, 5.74) is 0.792. The molecule has 2 aliphatic heterocycles. The average molecular weight is 431 g/mol. The molecule has 12 heteroatoms. The lowest BCUT2D eigenvalue weighted by Gasteiger charge is -2.41. The van der Waals surface area contributed by atoms with Gasteiger partial charge >= 0.3 is 0 Å². The quantitative estimate of drug-likeness (QED) is 0.347. The number of aliphatic hydroxyl groups is 4. The maximum absolute atomic E-state index is 10.2. The molecule has 0 amide bonds. The van der Waals surface area contributed by atoms with Crippen molar-refractivity contribution in [3.8, 4) is 6.19 Å². The summed E-state index contributed by atoms with van der Waals surface area (Å²) in [5, 5.41) is 49.0. The Balaban J connectivity index is 1.76. The molecule has 152 valence electrons. The van der Waals surface area contributed by atoms with Crippen LogP contribution >= 0.6 is 23.4 Å². The van der Waals surface area contributed by atoms with Crippen molar-refractivity contribution in [2.75, 3.05) is 12.4 Å². The van der Waals surface area contributed by atoms with Crippen LogP contribution in [0.5, 0.6) is 0 Å². The van der Waals surface area contributed by atoms with E-state index in [1.807, 2.05) is 0 Å². The molecule has 0 aliphatic carbocycles. The van der Waals surface area contributed by atoms with Gasteiger partial charge in [-0.2, -0.15) is 5.26 Å². The molecule has 2 fully saturated rings. The molecule has 3 heterocycles. The fourth-order valence-corrected chi connectivity index (χ4v) is 4.01. The van der Waals surface area contributed by atoms with Gasteiger partial charge in [-0.3, -0.25) is 0 Å². The number of aromatic nitrogens is 1. The second-order valence-corrected chi connectivity index (χ2v) is 7.58. The van der Waals surface area contributed by atoms with Crippen LogP contribution in [0.25, 0.3) is 0 Å². The van der Waals surface area contributed by atoms with Crippen molar-refractivity contribution in [2.24, 2.45) is 4.99 Å². The van der Waals surface area contributed by atoms with Crippen LogP contribution in [0.15, 0.2) is 23.3 Å². The Hall–Kier alpha value is -1.49. The summed E-state index contributed by atoms with van der Waals surface area (Å²) >= 11 is 7.09. The van der Waals surface area contributed by atoms with Gasteiger partial charge in [0.2, 0.25) is 6.19 Å². The van der Waals surface area contributed by atoms with Crippen LogP contribution in [0, 0.1) is 11.5 Å². The maximum Gasteiger partial charge on any atom is 0.208 e. The topological polar surface area (TPSA) is 152 Å². The number of rotatable bonds is 5. The molecule has 4 N–H and O–H groups in total. The summed E-state index contributed by atoms with van der Waals surface area (Å²) in [7, 11) is 0. The monoisotopic (exact) mass is 430 g/mol. The largest absolute Gasteiger partial charge is 0.394 e. The highest BCUT2D eigenvalue weighted by Gasteiger charge is 2.46. The summed E-state index contributed by atoms with van der Waals surface area (Å²) in [6.45, 7) is -0.245. The molecule has 0 saturated carbocycles. The van der Waals surface area contributed by atoms with E-state index in [1.165, 1.54) is 11.8 Å². The molecule has 28 heavy (non-hydrogen) atoms. The summed E-state index contributed by atoms with van der Waals surface area (Å²) < 4.78 is 11.2. The molecule has 1 aromatic rings. The molecule has 0 radical (unpaired) electrons. The highest BCUT2D eigenvalue weighted by atomic mass is 35.5. The zero-order valence-electron chi connectivity index (χ0n) is 14.5. The number of amidine groups is 1. The number of pyridine rings is 1. The molecule has 0 bridgehead atoms. The van der Waals surface area contributed by atoms with Gasteiger partial charge in [-0.15, -0.1) is 4.99 Å². The summed E-state index contributed by atoms with van der Waals surface area (Å²) in [4.78, 5) is 9.50. The standard InChI is InChI=1S/C16H19ClN4O6S/c17-10-2-1-8(3-19-10)4-21-11(6-28-16(21)20-7-18)27-15-14(25)13(24)12(23)9(5-22)26-15/h1-3,9,11-15,22-25H,4-6H2/t9-,11?,12-,13+,14-,15+/m1/s1. The van der Waals surface area contributed by atoms with E-state index in [1.54, 1.807) is 29.4 Å². The average Bonchev–Trinajstić information content (AvgIpc) is 3.05. The Morgan fingerprint density at radius 3 is 2.79 bits per heavy atom. The van der Waals surface area contributed by atoms with Crippen LogP contribution in [0.2, 0.25) is 5.15 Å². The SMILES string of the molecule is N#CN=C1SCC(O[C@@H]2O[C@H](CO)[C@@H](O)[C@H](O)[C@H]2O)N1Cc1ccc(Cl)nc1. The van der Waals surface area contributed by atoms with Gasteiger partial charge in [0.1, 0.15) is 35.8 Å². The van der Waals surface area contributed by atoms with E-state index in [4.69, 9.17) is 26.3 Å². The number of ether oxygens (including phenoxy) is 2. The second kappa shape index (κ2) is 9.34. The molecule has 2 aliphatic rings. The Bertz CT molecular complexity index is 746. The van der Waals surface area contributed by atoms with Crippen molar-refractivity contribution in [1.29, 1.82) is 5.26 Å². The van der Waals surface area contributed by atoms with E-state index in [0.29, 0.717) is 22.6 Å². The third-order valence-electron chi connectivity index (χ3n) is 4.38. The van der Waals surface area contributed by atoms with Gasteiger partial charge in [0.15, 0.2) is 11.5 Å². The van der Waals surface area contributed by atoms with Gasteiger partial charge in [-0.25, -0.2) is 4.98 Å². The lowest BCUT2D eigenvalue weighted by Crippen LogP contribution is -2.60. The predicted octanol–water partition coefficient (Wildman–Crippen LogP) is -0.737. The van der Waals surface area contributed by atoms with Crippen LogP contribution in [-0.4, -0.2) is 84.8 Å². The Kier molecular flexibility index (Phi) is 7.08. The van der Waals surface area contributed by atoms with Crippen LogP contribution in [0.3, 0.4) is 0 Å². The lowest BCUT2D eigenvalue weighted by molar-refractivity contribution is -0.317. The summed E-state index contributed by atoms with van der Waals surface area (Å²) in [5.74, 6) is 0.385. The lowest BCUT2D eigenvalue weighted by atomic mass is 9.99. The van der Waals surface area contributed by atoms with E-state index in [2.05, 4.69) is 9.98 Å². The molecular formula is C16H19ClN4O6S. The normalized spacial score (nSPS) is 34.6. The van der Waals surface area contributed by atoms with E-state index in [0.717, 1.165) is 5.56 Å². The van der Waals surface area contributed by atoms with Gasteiger partial charge in [0.05, 0.1) is 6.61 Å². The van der Waals surface area contributed by atoms with Crippen molar-refractivity contribution < 1.29 is 29.9 Å². The minimum Gasteiger partial charge on any atom is -0.394 e. The molecule has 1 unspecified atom stereocenters. The van der Waals surface area contributed by atoms with E-state index < -0.39 is 43.5 Å². The number of nitrogens with zero attached hydrogens (tertiary/aromatic N) is 4.